The summed E-state index contributed by atoms with van der Waals surface area (Å²) in [5.41, 5.74) is 2.75. The number of hydrogen-bond acceptors (Lipinski definition) is 3. The Kier molecular flexibility index (Phi) is 4.07. The predicted octanol–water partition coefficient (Wildman–Crippen LogP) is 2.22. The molecule has 1 aromatic carbocycles. The fourth-order valence-electron chi connectivity index (χ4n) is 3.11. The van der Waals surface area contributed by atoms with Crippen LogP contribution in [0.1, 0.15) is 42.8 Å². The first-order chi connectivity index (χ1) is 11.0. The van der Waals surface area contributed by atoms with Gasteiger partial charge in [0.1, 0.15) is 6.33 Å². The first-order valence-corrected chi connectivity index (χ1v) is 7.96. The number of carbonyl (C=O) groups is 1. The van der Waals surface area contributed by atoms with E-state index in [0.29, 0.717) is 6.54 Å². The number of hydrogen-bond donors (Lipinski definition) is 2. The molecule has 0 spiro atoms. The molecule has 1 heterocycles. The molecule has 6 nitrogen and oxygen atoms in total. The average molecular weight is 313 g/mol. The summed E-state index contributed by atoms with van der Waals surface area (Å²) in [5.74, 6) is 0.736. The van der Waals surface area contributed by atoms with Crippen molar-refractivity contribution in [2.75, 3.05) is 6.54 Å². The molecule has 23 heavy (non-hydrogen) atoms. The van der Waals surface area contributed by atoms with E-state index in [0.717, 1.165) is 18.7 Å². The molecule has 0 saturated heterocycles. The molecule has 2 aromatic rings. The van der Waals surface area contributed by atoms with Crippen molar-refractivity contribution in [2.45, 2.75) is 38.1 Å². The Hall–Kier alpha value is -2.37. The van der Waals surface area contributed by atoms with E-state index < -0.39 is 0 Å². The van der Waals surface area contributed by atoms with Crippen molar-refractivity contribution in [2.24, 2.45) is 7.05 Å². The second kappa shape index (κ2) is 6.02. The van der Waals surface area contributed by atoms with Crippen LogP contribution in [0.4, 0.5) is 4.79 Å². The molecule has 0 radical (unpaired) electrons. The number of amides is 2. The lowest BCUT2D eigenvalue weighted by atomic mass is 9.92. The zero-order valence-electron chi connectivity index (χ0n) is 13.8. The minimum absolute atomic E-state index is 0.108. The number of urea groups is 1. The highest BCUT2D eigenvalue weighted by atomic mass is 16.2. The fraction of sp³-hybridized carbons (Fsp3) is 0.471. The number of benzene rings is 1. The van der Waals surface area contributed by atoms with E-state index in [4.69, 9.17) is 0 Å². The van der Waals surface area contributed by atoms with Crippen LogP contribution in [0.5, 0.6) is 0 Å². The molecule has 0 unspecified atom stereocenters. The molecule has 0 bridgehead atoms. The summed E-state index contributed by atoms with van der Waals surface area (Å²) in [7, 11) is 1.86. The minimum atomic E-state index is -0.184. The normalized spacial score (nSPS) is 16.7. The largest absolute Gasteiger partial charge is 0.337 e. The molecule has 3 rings (SSSR count). The Morgan fingerprint density at radius 2 is 2.13 bits per heavy atom. The number of nitrogens with one attached hydrogen (secondary N) is 2. The summed E-state index contributed by atoms with van der Waals surface area (Å²) >= 11 is 0. The molecule has 6 heteroatoms. The number of carbonyl (C=O) groups excluding carboxylic acids is 1. The Morgan fingerprint density at radius 3 is 2.74 bits per heavy atom. The van der Waals surface area contributed by atoms with Gasteiger partial charge >= 0.3 is 6.03 Å². The van der Waals surface area contributed by atoms with Gasteiger partial charge in [-0.25, -0.2) is 4.79 Å². The van der Waals surface area contributed by atoms with E-state index in [1.807, 2.05) is 14.0 Å². The van der Waals surface area contributed by atoms with Gasteiger partial charge in [0.15, 0.2) is 5.82 Å². The number of aryl methyl sites for hydroxylation is 2. The van der Waals surface area contributed by atoms with Gasteiger partial charge in [0.05, 0.1) is 6.04 Å². The summed E-state index contributed by atoms with van der Waals surface area (Å²) in [4.78, 5) is 12.2. The van der Waals surface area contributed by atoms with Crippen molar-refractivity contribution in [3.63, 3.8) is 0 Å². The predicted molar refractivity (Wildman–Crippen MR) is 88.0 cm³/mol. The van der Waals surface area contributed by atoms with E-state index in [1.54, 1.807) is 10.9 Å². The lowest BCUT2D eigenvalue weighted by molar-refractivity contribution is 0.236. The summed E-state index contributed by atoms with van der Waals surface area (Å²) in [6, 6.07) is 8.07. The monoisotopic (exact) mass is 313 g/mol. The molecule has 1 fully saturated rings. The number of aromatic nitrogens is 3. The molecule has 1 aliphatic rings. The maximum absolute atomic E-state index is 12.2. The van der Waals surface area contributed by atoms with E-state index >= 15 is 0 Å². The van der Waals surface area contributed by atoms with Crippen molar-refractivity contribution >= 4 is 6.03 Å². The van der Waals surface area contributed by atoms with Gasteiger partial charge < -0.3 is 15.2 Å². The Labute approximate surface area is 136 Å². The number of rotatable bonds is 5. The van der Waals surface area contributed by atoms with Gasteiger partial charge in [-0.3, -0.25) is 0 Å². The van der Waals surface area contributed by atoms with Crippen molar-refractivity contribution in [1.29, 1.82) is 0 Å². The van der Waals surface area contributed by atoms with Crippen LogP contribution in [0.3, 0.4) is 0 Å². The van der Waals surface area contributed by atoms with Crippen LogP contribution in [-0.2, 0) is 12.5 Å². The lowest BCUT2D eigenvalue weighted by Crippen LogP contribution is -2.41. The SMILES string of the molecule is Cc1ccccc1C1(CNC(=O)N[C@H](C)c2nncn2C)CC1. The molecule has 1 aromatic heterocycles. The molecule has 1 atom stereocenters. The van der Waals surface area contributed by atoms with Gasteiger partial charge in [-0.1, -0.05) is 24.3 Å². The van der Waals surface area contributed by atoms with Crippen LogP contribution in [0, 0.1) is 6.92 Å². The third-order valence-electron chi connectivity index (χ3n) is 4.64. The van der Waals surface area contributed by atoms with Gasteiger partial charge in [0.25, 0.3) is 0 Å². The maximum Gasteiger partial charge on any atom is 0.315 e. The Bertz CT molecular complexity index is 705. The maximum atomic E-state index is 12.2. The van der Waals surface area contributed by atoms with Crippen molar-refractivity contribution in [1.82, 2.24) is 25.4 Å². The molecule has 2 amide bonds. The lowest BCUT2D eigenvalue weighted by Gasteiger charge is -2.20. The zero-order valence-corrected chi connectivity index (χ0v) is 13.8. The van der Waals surface area contributed by atoms with Crippen LogP contribution in [0.15, 0.2) is 30.6 Å². The quantitative estimate of drug-likeness (QED) is 0.889. The van der Waals surface area contributed by atoms with Crippen LogP contribution in [0.25, 0.3) is 0 Å². The topological polar surface area (TPSA) is 71.8 Å². The molecular formula is C17H23N5O. The second-order valence-corrected chi connectivity index (χ2v) is 6.44. The van der Waals surface area contributed by atoms with Crippen LogP contribution in [-0.4, -0.2) is 27.3 Å². The highest BCUT2D eigenvalue weighted by Gasteiger charge is 2.45. The van der Waals surface area contributed by atoms with Crippen molar-refractivity contribution in [3.05, 3.63) is 47.5 Å². The van der Waals surface area contributed by atoms with Gasteiger partial charge in [0, 0.05) is 19.0 Å². The Morgan fingerprint density at radius 1 is 1.39 bits per heavy atom. The molecule has 122 valence electrons. The minimum Gasteiger partial charge on any atom is -0.337 e. The summed E-state index contributed by atoms with van der Waals surface area (Å²) in [6.45, 7) is 4.69. The smallest absolute Gasteiger partial charge is 0.315 e. The standard InChI is InChI=1S/C17H23N5O/c1-12-6-4-5-7-14(12)17(8-9-17)10-18-16(23)20-13(2)15-21-19-11-22(15)3/h4-7,11,13H,8-10H2,1-3H3,(H2,18,20,23)/t13-/m1/s1. The number of nitrogens with zero attached hydrogens (tertiary/aromatic N) is 3. The van der Waals surface area contributed by atoms with E-state index in [-0.39, 0.29) is 17.5 Å². The highest BCUT2D eigenvalue weighted by molar-refractivity contribution is 5.74. The molecule has 1 aliphatic carbocycles. The van der Waals surface area contributed by atoms with Gasteiger partial charge in [-0.2, -0.15) is 0 Å². The molecule has 0 aliphatic heterocycles. The highest BCUT2D eigenvalue weighted by Crippen LogP contribution is 2.48. The molecular weight excluding hydrogens is 290 g/mol. The van der Waals surface area contributed by atoms with Gasteiger partial charge in [-0.15, -0.1) is 10.2 Å². The first kappa shape index (κ1) is 15.5. The first-order valence-electron chi connectivity index (χ1n) is 7.96. The van der Waals surface area contributed by atoms with Crippen LogP contribution in [0.2, 0.25) is 0 Å². The van der Waals surface area contributed by atoms with Gasteiger partial charge in [-0.05, 0) is 37.8 Å². The van der Waals surface area contributed by atoms with Crippen molar-refractivity contribution in [3.8, 4) is 0 Å². The Balaban J connectivity index is 1.57. The second-order valence-electron chi connectivity index (χ2n) is 6.44. The summed E-state index contributed by atoms with van der Waals surface area (Å²) in [6.07, 6.45) is 3.87. The molecule has 2 N–H and O–H groups in total. The molecule has 1 saturated carbocycles. The summed E-state index contributed by atoms with van der Waals surface area (Å²) < 4.78 is 1.81. The van der Waals surface area contributed by atoms with Crippen LogP contribution >= 0.6 is 0 Å². The average Bonchev–Trinajstić information content (AvgIpc) is 3.19. The fourth-order valence-corrected chi connectivity index (χ4v) is 3.11. The van der Waals surface area contributed by atoms with E-state index in [9.17, 15) is 4.79 Å². The third kappa shape index (κ3) is 3.21. The summed E-state index contributed by atoms with van der Waals surface area (Å²) in [5, 5.41) is 13.8. The zero-order chi connectivity index (χ0) is 16.4. The van der Waals surface area contributed by atoms with Crippen LogP contribution < -0.4 is 10.6 Å². The van der Waals surface area contributed by atoms with Crippen molar-refractivity contribution < 1.29 is 4.79 Å². The van der Waals surface area contributed by atoms with Gasteiger partial charge in [0.2, 0.25) is 0 Å². The van der Waals surface area contributed by atoms with E-state index in [1.165, 1.54) is 11.1 Å². The van der Waals surface area contributed by atoms with E-state index in [2.05, 4.69) is 52.0 Å². The third-order valence-corrected chi connectivity index (χ3v) is 4.64.